The molecule has 2 rings (SSSR count). The van der Waals surface area contributed by atoms with Crippen LogP contribution in [0.1, 0.15) is 25.8 Å². The van der Waals surface area contributed by atoms with Gasteiger partial charge in [-0.05, 0) is 38.3 Å². The number of nitrogens with zero attached hydrogens (tertiary/aromatic N) is 1. The van der Waals surface area contributed by atoms with Gasteiger partial charge in [0, 0.05) is 43.3 Å². The number of para-hydroxylation sites is 1. The largest absolute Gasteiger partial charge is 0.361 e. The van der Waals surface area contributed by atoms with Crippen molar-refractivity contribution in [2.75, 3.05) is 31.9 Å². The molecule has 1 aromatic heterocycles. The van der Waals surface area contributed by atoms with Crippen molar-refractivity contribution in [2.24, 2.45) is 4.99 Å². The monoisotopic (exact) mass is 507 g/mol. The lowest BCUT2D eigenvalue weighted by Gasteiger charge is -2.11. The number of hydrogen-bond acceptors (Lipinski definition) is 3. The molecular formula is C18H30IN5O2S. The van der Waals surface area contributed by atoms with Crippen molar-refractivity contribution in [3.05, 3.63) is 36.0 Å². The molecule has 9 heteroatoms. The molecule has 0 unspecified atom stereocenters. The Morgan fingerprint density at radius 2 is 1.93 bits per heavy atom. The van der Waals surface area contributed by atoms with Crippen molar-refractivity contribution in [3.63, 3.8) is 0 Å². The van der Waals surface area contributed by atoms with Crippen LogP contribution in [0.3, 0.4) is 0 Å². The summed E-state index contributed by atoms with van der Waals surface area (Å²) < 4.78 is 25.3. The number of hydrogen-bond donors (Lipinski definition) is 4. The maximum Gasteiger partial charge on any atom is 0.211 e. The predicted octanol–water partition coefficient (Wildman–Crippen LogP) is 2.21. The highest BCUT2D eigenvalue weighted by molar-refractivity contribution is 14.0. The summed E-state index contributed by atoms with van der Waals surface area (Å²) in [6.45, 7) is 6.17. The van der Waals surface area contributed by atoms with E-state index in [1.54, 1.807) is 6.92 Å². The lowest BCUT2D eigenvalue weighted by Crippen LogP contribution is -2.38. The molecule has 152 valence electrons. The van der Waals surface area contributed by atoms with E-state index in [1.165, 1.54) is 10.9 Å². The number of benzene rings is 1. The quantitative estimate of drug-likeness (QED) is 0.172. The SMILES string of the molecule is CCNC(=NCCCNS(=O)(=O)CC)NCCc1c[nH]c2ccccc12.I. The summed E-state index contributed by atoms with van der Waals surface area (Å²) in [5.41, 5.74) is 2.43. The Kier molecular flexibility index (Phi) is 10.7. The Labute approximate surface area is 178 Å². The third kappa shape index (κ3) is 8.06. The molecular weight excluding hydrogens is 477 g/mol. The number of halogens is 1. The fraction of sp³-hybridized carbons (Fsp3) is 0.500. The zero-order valence-corrected chi connectivity index (χ0v) is 19.1. The van der Waals surface area contributed by atoms with E-state index in [0.29, 0.717) is 19.5 Å². The van der Waals surface area contributed by atoms with Gasteiger partial charge < -0.3 is 15.6 Å². The van der Waals surface area contributed by atoms with E-state index in [4.69, 9.17) is 0 Å². The van der Waals surface area contributed by atoms with Crippen LogP contribution in [0.15, 0.2) is 35.5 Å². The van der Waals surface area contributed by atoms with E-state index in [-0.39, 0.29) is 29.7 Å². The molecule has 0 amide bonds. The molecule has 0 radical (unpaired) electrons. The maximum atomic E-state index is 11.4. The number of aliphatic imine (C=N–C) groups is 1. The van der Waals surface area contributed by atoms with Gasteiger partial charge in [0.2, 0.25) is 10.0 Å². The van der Waals surface area contributed by atoms with Crippen LogP contribution < -0.4 is 15.4 Å². The smallest absolute Gasteiger partial charge is 0.211 e. The van der Waals surface area contributed by atoms with Crippen LogP contribution in [0.4, 0.5) is 0 Å². The summed E-state index contributed by atoms with van der Waals surface area (Å²) in [6, 6.07) is 8.27. The van der Waals surface area contributed by atoms with Gasteiger partial charge in [0.1, 0.15) is 0 Å². The van der Waals surface area contributed by atoms with Crippen LogP contribution in [0.25, 0.3) is 10.9 Å². The second kappa shape index (κ2) is 12.2. The van der Waals surface area contributed by atoms with Gasteiger partial charge in [0.15, 0.2) is 5.96 Å². The molecule has 2 aromatic rings. The van der Waals surface area contributed by atoms with Crippen molar-refractivity contribution in [1.82, 2.24) is 20.3 Å². The molecule has 0 aliphatic rings. The molecule has 0 saturated heterocycles. The summed E-state index contributed by atoms with van der Waals surface area (Å²) in [6.07, 6.45) is 3.61. The molecule has 4 N–H and O–H groups in total. The molecule has 0 atom stereocenters. The molecule has 0 spiro atoms. The second-order valence-corrected chi connectivity index (χ2v) is 8.04. The van der Waals surface area contributed by atoms with Gasteiger partial charge in [0.05, 0.1) is 5.75 Å². The van der Waals surface area contributed by atoms with Gasteiger partial charge in [-0.2, -0.15) is 0 Å². The van der Waals surface area contributed by atoms with Gasteiger partial charge in [-0.1, -0.05) is 18.2 Å². The van der Waals surface area contributed by atoms with E-state index in [2.05, 4.69) is 43.7 Å². The van der Waals surface area contributed by atoms with Crippen LogP contribution in [0, 0.1) is 0 Å². The van der Waals surface area contributed by atoms with Crippen LogP contribution in [0.5, 0.6) is 0 Å². The van der Waals surface area contributed by atoms with E-state index in [9.17, 15) is 8.42 Å². The molecule has 27 heavy (non-hydrogen) atoms. The summed E-state index contributed by atoms with van der Waals surface area (Å²) in [7, 11) is -3.12. The van der Waals surface area contributed by atoms with Gasteiger partial charge in [-0.3, -0.25) is 4.99 Å². The van der Waals surface area contributed by atoms with Crippen LogP contribution in [-0.4, -0.2) is 51.3 Å². The minimum Gasteiger partial charge on any atom is -0.361 e. The average molecular weight is 507 g/mol. The van der Waals surface area contributed by atoms with Crippen molar-refractivity contribution in [1.29, 1.82) is 0 Å². The van der Waals surface area contributed by atoms with Crippen molar-refractivity contribution in [2.45, 2.75) is 26.7 Å². The highest BCUT2D eigenvalue weighted by atomic mass is 127. The number of guanidine groups is 1. The van der Waals surface area contributed by atoms with Crippen molar-refractivity contribution >= 4 is 50.9 Å². The topological polar surface area (TPSA) is 98.4 Å². The summed E-state index contributed by atoms with van der Waals surface area (Å²) >= 11 is 0. The lowest BCUT2D eigenvalue weighted by atomic mass is 10.1. The maximum absolute atomic E-state index is 11.4. The van der Waals surface area contributed by atoms with Crippen LogP contribution in [0.2, 0.25) is 0 Å². The van der Waals surface area contributed by atoms with Gasteiger partial charge >= 0.3 is 0 Å². The first-order chi connectivity index (χ1) is 12.6. The van der Waals surface area contributed by atoms with E-state index >= 15 is 0 Å². The zero-order chi connectivity index (χ0) is 18.8. The lowest BCUT2D eigenvalue weighted by molar-refractivity contribution is 0.581. The number of nitrogens with one attached hydrogen (secondary N) is 4. The Bertz CT molecular complexity index is 820. The highest BCUT2D eigenvalue weighted by Crippen LogP contribution is 2.17. The number of sulfonamides is 1. The van der Waals surface area contributed by atoms with Gasteiger partial charge in [-0.25, -0.2) is 13.1 Å². The summed E-state index contributed by atoms with van der Waals surface area (Å²) in [4.78, 5) is 7.78. The second-order valence-electron chi connectivity index (χ2n) is 5.95. The first-order valence-corrected chi connectivity index (χ1v) is 10.8. The minimum atomic E-state index is -3.12. The van der Waals surface area contributed by atoms with Crippen LogP contribution >= 0.6 is 24.0 Å². The molecule has 1 heterocycles. The third-order valence-corrected chi connectivity index (χ3v) is 5.42. The Hall–Kier alpha value is -1.33. The van der Waals surface area contributed by atoms with E-state index in [1.807, 2.05) is 19.1 Å². The van der Waals surface area contributed by atoms with E-state index < -0.39 is 10.0 Å². The summed E-state index contributed by atoms with van der Waals surface area (Å²) in [5, 5.41) is 7.79. The normalized spacial score (nSPS) is 12.0. The Balaban J connectivity index is 0.00000364. The molecule has 0 saturated carbocycles. The molecule has 1 aromatic carbocycles. The Morgan fingerprint density at radius 3 is 2.67 bits per heavy atom. The first-order valence-electron chi connectivity index (χ1n) is 9.10. The third-order valence-electron chi connectivity index (χ3n) is 4.01. The number of fused-ring (bicyclic) bond motifs is 1. The molecule has 0 aliphatic carbocycles. The van der Waals surface area contributed by atoms with Crippen molar-refractivity contribution in [3.8, 4) is 0 Å². The number of rotatable bonds is 10. The Morgan fingerprint density at radius 1 is 1.15 bits per heavy atom. The fourth-order valence-electron chi connectivity index (χ4n) is 2.60. The number of aromatic amines is 1. The highest BCUT2D eigenvalue weighted by Gasteiger charge is 2.05. The zero-order valence-electron chi connectivity index (χ0n) is 15.9. The molecule has 0 bridgehead atoms. The van der Waals surface area contributed by atoms with Gasteiger partial charge in [-0.15, -0.1) is 24.0 Å². The average Bonchev–Trinajstić information content (AvgIpc) is 3.04. The number of aromatic nitrogens is 1. The standard InChI is InChI=1S/C18H29N5O2S.HI/c1-3-19-18(20-11-7-12-23-26(24,25)4-2)21-13-10-15-14-22-17-9-6-5-8-16(15)17;/h5-6,8-9,14,22-23H,3-4,7,10-13H2,1-2H3,(H2,19,20,21);1H. The summed E-state index contributed by atoms with van der Waals surface area (Å²) in [5.74, 6) is 0.861. The first kappa shape index (κ1) is 23.7. The van der Waals surface area contributed by atoms with Crippen molar-refractivity contribution < 1.29 is 8.42 Å². The molecule has 7 nitrogen and oxygen atoms in total. The molecule has 0 aliphatic heterocycles. The predicted molar refractivity (Wildman–Crippen MR) is 123 cm³/mol. The van der Waals surface area contributed by atoms with Crippen LogP contribution in [-0.2, 0) is 16.4 Å². The fourth-order valence-corrected chi connectivity index (χ4v) is 3.25. The molecule has 0 fully saturated rings. The minimum absolute atomic E-state index is 0. The van der Waals surface area contributed by atoms with E-state index in [0.717, 1.165) is 31.0 Å². The number of H-pyrrole nitrogens is 1. The van der Waals surface area contributed by atoms with Gasteiger partial charge in [0.25, 0.3) is 0 Å².